The fraction of sp³-hybridized carbons (Fsp3) is 0.286. The van der Waals surface area contributed by atoms with Gasteiger partial charge in [-0.1, -0.05) is 31.3 Å². The highest BCUT2D eigenvalue weighted by Crippen LogP contribution is 2.23. The van der Waals surface area contributed by atoms with Gasteiger partial charge in [0.05, 0.1) is 16.8 Å². The average molecular weight is 433 g/mol. The van der Waals surface area contributed by atoms with Crippen LogP contribution >= 0.6 is 23.1 Å². The normalized spacial score (nSPS) is 12.0. The first-order valence-corrected chi connectivity index (χ1v) is 10.9. The molecule has 0 N–H and O–H groups in total. The van der Waals surface area contributed by atoms with Crippen molar-refractivity contribution in [2.24, 2.45) is 4.99 Å². The van der Waals surface area contributed by atoms with E-state index in [1.807, 2.05) is 12.1 Å². The lowest BCUT2D eigenvalue weighted by atomic mass is 10.2. The number of hydrogen-bond donors (Lipinski definition) is 0. The number of fused-ring (bicyclic) bond motifs is 1. The molecule has 1 heterocycles. The van der Waals surface area contributed by atoms with E-state index in [4.69, 9.17) is 4.74 Å². The second-order valence-electron chi connectivity index (χ2n) is 6.47. The Morgan fingerprint density at radius 1 is 1.21 bits per heavy atom. The molecule has 29 heavy (non-hydrogen) atoms. The van der Waals surface area contributed by atoms with Crippen molar-refractivity contribution >= 4 is 45.2 Å². The number of thiazole rings is 1. The van der Waals surface area contributed by atoms with Crippen molar-refractivity contribution in [1.82, 2.24) is 4.57 Å². The predicted octanol–water partition coefficient (Wildman–Crippen LogP) is 4.65. The van der Waals surface area contributed by atoms with Crippen LogP contribution in [0.2, 0.25) is 0 Å². The number of ether oxygens (including phenoxy) is 1. The predicted molar refractivity (Wildman–Crippen MR) is 114 cm³/mol. The lowest BCUT2D eigenvalue weighted by molar-refractivity contribution is -0.143. The van der Waals surface area contributed by atoms with E-state index in [0.29, 0.717) is 15.5 Å². The van der Waals surface area contributed by atoms with Crippen LogP contribution in [0.4, 0.5) is 4.39 Å². The maximum absolute atomic E-state index is 14.4. The number of halogens is 1. The molecule has 0 radical (unpaired) electrons. The van der Waals surface area contributed by atoms with Crippen molar-refractivity contribution in [3.8, 4) is 0 Å². The summed E-state index contributed by atoms with van der Waals surface area (Å²) in [4.78, 5) is 30.2. The third kappa shape index (κ3) is 5.13. The van der Waals surface area contributed by atoms with E-state index in [1.54, 1.807) is 43.0 Å². The van der Waals surface area contributed by atoms with Crippen LogP contribution in [-0.4, -0.2) is 28.3 Å². The molecule has 3 aromatic rings. The summed E-state index contributed by atoms with van der Waals surface area (Å²) in [6.45, 7) is 5.90. The summed E-state index contributed by atoms with van der Waals surface area (Å²) in [5.41, 5.74) is 0.666. The number of aromatic nitrogens is 1. The minimum absolute atomic E-state index is 0.217. The summed E-state index contributed by atoms with van der Waals surface area (Å²) in [5, 5.41) is 0.441. The fourth-order valence-electron chi connectivity index (χ4n) is 2.75. The van der Waals surface area contributed by atoms with Crippen LogP contribution < -0.4 is 4.80 Å². The first kappa shape index (κ1) is 21.3. The Labute approximate surface area is 176 Å². The van der Waals surface area contributed by atoms with Gasteiger partial charge >= 0.3 is 5.97 Å². The van der Waals surface area contributed by atoms with Crippen LogP contribution in [0.3, 0.4) is 0 Å². The van der Waals surface area contributed by atoms with E-state index in [2.05, 4.69) is 18.8 Å². The number of thioether (sulfide) groups is 1. The zero-order valence-corrected chi connectivity index (χ0v) is 18.0. The smallest absolute Gasteiger partial charge is 0.326 e. The third-order valence-electron chi connectivity index (χ3n) is 3.91. The van der Waals surface area contributed by atoms with E-state index >= 15 is 0 Å². The van der Waals surface area contributed by atoms with Crippen molar-refractivity contribution in [3.05, 3.63) is 58.6 Å². The molecule has 0 saturated carbocycles. The van der Waals surface area contributed by atoms with Gasteiger partial charge in [0.1, 0.15) is 12.4 Å². The largest absolute Gasteiger partial charge is 0.465 e. The summed E-state index contributed by atoms with van der Waals surface area (Å²) < 4.78 is 21.4. The summed E-state index contributed by atoms with van der Waals surface area (Å²) in [6.07, 6.45) is 0. The Balaban J connectivity index is 2.01. The Bertz CT molecular complexity index is 1100. The van der Waals surface area contributed by atoms with E-state index in [1.165, 1.54) is 10.6 Å². The van der Waals surface area contributed by atoms with Crippen LogP contribution in [0.1, 0.15) is 31.1 Å². The number of esters is 1. The lowest BCUT2D eigenvalue weighted by Gasteiger charge is -2.06. The van der Waals surface area contributed by atoms with Gasteiger partial charge in [0.25, 0.3) is 5.91 Å². The number of nitrogens with zero attached hydrogens (tertiary/aromatic N) is 2. The van der Waals surface area contributed by atoms with Crippen molar-refractivity contribution in [1.29, 1.82) is 0 Å². The third-order valence-corrected chi connectivity index (χ3v) is 5.97. The highest BCUT2D eigenvalue weighted by molar-refractivity contribution is 7.99. The second kappa shape index (κ2) is 9.37. The van der Waals surface area contributed by atoms with Gasteiger partial charge in [-0.15, -0.1) is 11.8 Å². The van der Waals surface area contributed by atoms with Crippen molar-refractivity contribution in [2.75, 3.05) is 6.61 Å². The minimum atomic E-state index is -0.514. The van der Waals surface area contributed by atoms with Gasteiger partial charge in [0.2, 0.25) is 0 Å². The number of carbonyl (C=O) groups excluding carboxylic acids is 2. The Morgan fingerprint density at radius 3 is 2.59 bits per heavy atom. The first-order valence-electron chi connectivity index (χ1n) is 9.18. The van der Waals surface area contributed by atoms with Gasteiger partial charge in [-0.2, -0.15) is 4.99 Å². The molecule has 8 heteroatoms. The van der Waals surface area contributed by atoms with E-state index in [-0.39, 0.29) is 23.5 Å². The van der Waals surface area contributed by atoms with Crippen LogP contribution in [0.5, 0.6) is 0 Å². The minimum Gasteiger partial charge on any atom is -0.465 e. The number of para-hydroxylation sites is 1. The topological polar surface area (TPSA) is 60.7 Å². The molecule has 1 aromatic heterocycles. The van der Waals surface area contributed by atoms with Gasteiger partial charge in [-0.3, -0.25) is 9.59 Å². The van der Waals surface area contributed by atoms with Crippen LogP contribution in [0.15, 0.2) is 52.4 Å². The van der Waals surface area contributed by atoms with Crippen LogP contribution in [-0.2, 0) is 16.1 Å². The van der Waals surface area contributed by atoms with Crippen molar-refractivity contribution in [2.45, 2.75) is 37.5 Å². The zero-order valence-electron chi connectivity index (χ0n) is 16.3. The average Bonchev–Trinajstić information content (AvgIpc) is 3.00. The van der Waals surface area contributed by atoms with E-state index in [0.717, 1.165) is 16.2 Å². The molecule has 0 spiro atoms. The van der Waals surface area contributed by atoms with Crippen LogP contribution in [0, 0.1) is 5.82 Å². The monoisotopic (exact) mass is 432 g/mol. The zero-order chi connectivity index (χ0) is 21.0. The van der Waals surface area contributed by atoms with Crippen molar-refractivity contribution < 1.29 is 18.7 Å². The highest BCUT2D eigenvalue weighted by atomic mass is 32.2. The van der Waals surface area contributed by atoms with E-state index in [9.17, 15) is 14.0 Å². The molecule has 2 aromatic carbocycles. The van der Waals surface area contributed by atoms with Crippen LogP contribution in [0.25, 0.3) is 10.2 Å². The maximum atomic E-state index is 14.4. The molecule has 3 rings (SSSR count). The maximum Gasteiger partial charge on any atom is 0.326 e. The number of benzene rings is 2. The quantitative estimate of drug-likeness (QED) is 0.420. The Hall–Kier alpha value is -2.45. The molecule has 0 bridgehead atoms. The molecular weight excluding hydrogens is 411 g/mol. The summed E-state index contributed by atoms with van der Waals surface area (Å²) in [7, 11) is 0. The second-order valence-corrected chi connectivity index (χ2v) is 9.13. The number of rotatable bonds is 6. The number of hydrogen-bond acceptors (Lipinski definition) is 5. The van der Waals surface area contributed by atoms with Gasteiger partial charge in [0.15, 0.2) is 4.80 Å². The molecule has 0 saturated heterocycles. The molecule has 0 fully saturated rings. The molecular formula is C21H21FN2O3S2. The molecule has 0 aliphatic carbocycles. The standard InChI is InChI=1S/C21H21FN2O3S2/c1-4-27-18(25)12-24-19-16(22)6-5-7-17(19)29-21(24)23-20(26)14-8-10-15(11-9-14)28-13(2)3/h5-11,13H,4,12H2,1-3H3. The molecule has 152 valence electrons. The lowest BCUT2D eigenvalue weighted by Crippen LogP contribution is -2.23. The number of carbonyl (C=O) groups is 2. The molecule has 0 aliphatic rings. The SMILES string of the molecule is CCOC(=O)Cn1c(=NC(=O)c2ccc(SC(C)C)cc2)sc2cccc(F)c21. The molecule has 0 aliphatic heterocycles. The summed E-state index contributed by atoms with van der Waals surface area (Å²) >= 11 is 2.86. The molecule has 1 amide bonds. The first-order chi connectivity index (χ1) is 13.9. The molecule has 0 unspecified atom stereocenters. The van der Waals surface area contributed by atoms with Gasteiger partial charge in [0, 0.05) is 15.7 Å². The molecule has 5 nitrogen and oxygen atoms in total. The molecule has 0 atom stereocenters. The fourth-order valence-corrected chi connectivity index (χ4v) is 4.63. The van der Waals surface area contributed by atoms with Crippen molar-refractivity contribution in [3.63, 3.8) is 0 Å². The van der Waals surface area contributed by atoms with Gasteiger partial charge in [-0.25, -0.2) is 4.39 Å². The van der Waals surface area contributed by atoms with Gasteiger partial charge in [-0.05, 0) is 43.3 Å². The number of amides is 1. The summed E-state index contributed by atoms with van der Waals surface area (Å²) in [6, 6.07) is 11.8. The summed E-state index contributed by atoms with van der Waals surface area (Å²) in [5.74, 6) is -1.44. The van der Waals surface area contributed by atoms with E-state index < -0.39 is 17.7 Å². The highest BCUT2D eigenvalue weighted by Gasteiger charge is 2.15. The Kier molecular flexibility index (Phi) is 6.87. The van der Waals surface area contributed by atoms with Gasteiger partial charge < -0.3 is 9.30 Å². The Morgan fingerprint density at radius 2 is 1.93 bits per heavy atom.